The summed E-state index contributed by atoms with van der Waals surface area (Å²) in [6.45, 7) is 2.53. The Hall–Kier alpha value is -4.56. The molecule has 1 aliphatic rings. The Kier molecular flexibility index (Phi) is 10.2. The van der Waals surface area contributed by atoms with Crippen molar-refractivity contribution >= 4 is 11.8 Å². The summed E-state index contributed by atoms with van der Waals surface area (Å²) in [6.07, 6.45) is -0.198. The fourth-order valence-corrected chi connectivity index (χ4v) is 4.38. The van der Waals surface area contributed by atoms with E-state index < -0.39 is 12.2 Å². The van der Waals surface area contributed by atoms with Gasteiger partial charge in [-0.15, -0.1) is 0 Å². The molecule has 1 heterocycles. The van der Waals surface area contributed by atoms with Crippen LogP contribution in [0.4, 0.5) is 14.9 Å². The van der Waals surface area contributed by atoms with Gasteiger partial charge < -0.3 is 24.1 Å². The Morgan fingerprint density at radius 2 is 1.59 bits per heavy atom. The molecule has 1 saturated heterocycles. The van der Waals surface area contributed by atoms with E-state index in [0.29, 0.717) is 24.5 Å². The van der Waals surface area contributed by atoms with Crippen molar-refractivity contribution in [3.8, 4) is 17.2 Å². The van der Waals surface area contributed by atoms with Crippen molar-refractivity contribution in [2.45, 2.75) is 32.1 Å². The summed E-state index contributed by atoms with van der Waals surface area (Å²) in [7, 11) is 3.22. The first-order valence-corrected chi connectivity index (χ1v) is 13.3. The van der Waals surface area contributed by atoms with Gasteiger partial charge in [-0.3, -0.25) is 4.90 Å². The number of anilines is 1. The maximum absolute atomic E-state index is 12.5. The van der Waals surface area contributed by atoms with Crippen LogP contribution in [0.5, 0.6) is 17.2 Å². The van der Waals surface area contributed by atoms with Gasteiger partial charge in [0.25, 0.3) is 0 Å². The van der Waals surface area contributed by atoms with Crippen LogP contribution < -0.4 is 19.1 Å². The van der Waals surface area contributed by atoms with Crippen LogP contribution in [-0.2, 0) is 11.3 Å². The number of carbonyl (C=O) groups excluding carboxylic acids is 1. The topological polar surface area (TPSA) is 77.5 Å². The van der Waals surface area contributed by atoms with Crippen LogP contribution in [0.25, 0.3) is 0 Å². The van der Waals surface area contributed by atoms with Crippen molar-refractivity contribution in [2.75, 3.05) is 25.7 Å². The number of aliphatic hydroxyl groups excluding tert-OH is 1. The number of methoxy groups -OCH3 is 2. The molecule has 0 saturated carbocycles. The minimum absolute atomic E-state index is 0.235. The molecule has 0 bridgehead atoms. The number of hydrogen-bond donors (Lipinski definition) is 1. The molecule has 214 valence electrons. The highest BCUT2D eigenvalue weighted by Crippen LogP contribution is 2.39. The Morgan fingerprint density at radius 3 is 2.22 bits per heavy atom. The Balaban J connectivity index is 0.000000296. The third-order valence-corrected chi connectivity index (χ3v) is 6.68. The number of benzene rings is 4. The van der Waals surface area contributed by atoms with Crippen molar-refractivity contribution in [3.05, 3.63) is 120 Å². The summed E-state index contributed by atoms with van der Waals surface area (Å²) >= 11 is 0. The van der Waals surface area contributed by atoms with Gasteiger partial charge >= 0.3 is 6.09 Å². The summed E-state index contributed by atoms with van der Waals surface area (Å²) in [6, 6.07) is 28.5. The fraction of sp³-hybridized carbons (Fsp3) is 0.242. The molecule has 5 rings (SSSR count). The summed E-state index contributed by atoms with van der Waals surface area (Å²) in [5, 5.41) is 9.30. The highest BCUT2D eigenvalue weighted by Gasteiger charge is 2.37. The largest absolute Gasteiger partial charge is 0.497 e. The molecule has 41 heavy (non-hydrogen) atoms. The van der Waals surface area contributed by atoms with Gasteiger partial charge in [-0.1, -0.05) is 49.4 Å². The van der Waals surface area contributed by atoms with Crippen molar-refractivity contribution in [3.63, 3.8) is 0 Å². The number of hydrogen-bond acceptors (Lipinski definition) is 6. The number of aliphatic hydroxyl groups is 1. The van der Waals surface area contributed by atoms with Gasteiger partial charge in [0.2, 0.25) is 0 Å². The number of amides is 1. The minimum atomic E-state index is -0.462. The molecule has 1 amide bonds. The van der Waals surface area contributed by atoms with Crippen molar-refractivity contribution < 1.29 is 33.2 Å². The van der Waals surface area contributed by atoms with Crippen LogP contribution in [0.1, 0.15) is 42.2 Å². The predicted molar refractivity (Wildman–Crippen MR) is 155 cm³/mol. The summed E-state index contributed by atoms with van der Waals surface area (Å²) < 4.78 is 34.5. The highest BCUT2D eigenvalue weighted by molar-refractivity contribution is 5.91. The predicted octanol–water partition coefficient (Wildman–Crippen LogP) is 7.25. The van der Waals surface area contributed by atoms with E-state index in [9.17, 15) is 14.3 Å². The first kappa shape index (κ1) is 29.4. The van der Waals surface area contributed by atoms with Gasteiger partial charge in [-0.25, -0.2) is 9.18 Å². The van der Waals surface area contributed by atoms with Gasteiger partial charge in [-0.05, 0) is 66.1 Å². The normalized spacial score (nSPS) is 14.9. The second-order valence-corrected chi connectivity index (χ2v) is 9.31. The van der Waals surface area contributed by atoms with Crippen molar-refractivity contribution in [1.82, 2.24) is 0 Å². The first-order chi connectivity index (χ1) is 19.9. The number of rotatable bonds is 9. The molecule has 0 aromatic heterocycles. The monoisotopic (exact) mass is 559 g/mol. The van der Waals surface area contributed by atoms with E-state index in [0.717, 1.165) is 28.1 Å². The molecule has 4 aromatic rings. The Labute approximate surface area is 239 Å². The lowest BCUT2D eigenvalue weighted by molar-refractivity contribution is 0.173. The molecular weight excluding hydrogens is 525 g/mol. The maximum atomic E-state index is 12.5. The average molecular weight is 560 g/mol. The van der Waals surface area contributed by atoms with Crippen LogP contribution in [0, 0.1) is 5.82 Å². The van der Waals surface area contributed by atoms with Gasteiger partial charge in [0.05, 0.1) is 20.3 Å². The second kappa shape index (κ2) is 14.2. The van der Waals surface area contributed by atoms with Gasteiger partial charge in [0.15, 0.2) is 0 Å². The molecular formula is C33H34FNO6. The SMILES string of the molecule is CCC(O)c1ccc(F)cc1.COc1ccc(N2C(=O)OCC2c2ccc(OC)cc2OCc2ccccc2)cc1. The Morgan fingerprint density at radius 1 is 0.927 bits per heavy atom. The number of ether oxygens (including phenoxy) is 4. The molecule has 2 atom stereocenters. The summed E-state index contributed by atoms with van der Waals surface area (Å²) in [5.41, 5.74) is 3.41. The molecule has 0 aliphatic carbocycles. The quantitative estimate of drug-likeness (QED) is 0.233. The summed E-state index contributed by atoms with van der Waals surface area (Å²) in [4.78, 5) is 14.2. The molecule has 8 heteroatoms. The van der Waals surface area contributed by atoms with Gasteiger partial charge in [0.1, 0.15) is 42.3 Å². The van der Waals surface area contributed by atoms with Gasteiger partial charge in [-0.2, -0.15) is 0 Å². The third-order valence-electron chi connectivity index (χ3n) is 6.68. The molecule has 1 fully saturated rings. The molecule has 0 spiro atoms. The lowest BCUT2D eigenvalue weighted by Gasteiger charge is -2.24. The molecule has 0 radical (unpaired) electrons. The molecule has 1 aliphatic heterocycles. The summed E-state index contributed by atoms with van der Waals surface area (Å²) in [5.74, 6) is 1.79. The lowest BCUT2D eigenvalue weighted by atomic mass is 10.0. The third kappa shape index (κ3) is 7.55. The highest BCUT2D eigenvalue weighted by atomic mass is 19.1. The zero-order chi connectivity index (χ0) is 29.2. The molecule has 4 aromatic carbocycles. The number of nitrogens with zero attached hydrogens (tertiary/aromatic N) is 1. The smallest absolute Gasteiger partial charge is 0.415 e. The van der Waals surface area contributed by atoms with Crippen LogP contribution >= 0.6 is 0 Å². The van der Waals surface area contributed by atoms with Crippen LogP contribution in [-0.4, -0.2) is 32.0 Å². The van der Waals surface area contributed by atoms with E-state index in [-0.39, 0.29) is 18.5 Å². The standard InChI is InChI=1S/C24H23NO5.C9H11FO/c1-27-19-10-8-18(9-11-19)25-22(16-30-24(25)26)21-13-12-20(28-2)14-23(21)29-15-17-6-4-3-5-7-17;1-2-9(11)7-3-5-8(10)6-4-7/h3-14,22H,15-16H2,1-2H3;3-6,9,11H,2H2,1H3. The molecule has 2 unspecified atom stereocenters. The molecule has 1 N–H and O–H groups in total. The van der Waals surface area contributed by atoms with E-state index in [1.165, 1.54) is 12.1 Å². The van der Waals surface area contributed by atoms with E-state index in [1.54, 1.807) is 31.3 Å². The maximum Gasteiger partial charge on any atom is 0.415 e. The van der Waals surface area contributed by atoms with E-state index in [1.807, 2.05) is 79.7 Å². The van der Waals surface area contributed by atoms with E-state index >= 15 is 0 Å². The average Bonchev–Trinajstić information content (AvgIpc) is 3.41. The molecule has 7 nitrogen and oxygen atoms in total. The van der Waals surface area contributed by atoms with Crippen molar-refractivity contribution in [2.24, 2.45) is 0 Å². The van der Waals surface area contributed by atoms with E-state index in [4.69, 9.17) is 18.9 Å². The minimum Gasteiger partial charge on any atom is -0.497 e. The zero-order valence-corrected chi connectivity index (χ0v) is 23.3. The number of halogens is 1. The second-order valence-electron chi connectivity index (χ2n) is 9.31. The fourth-order valence-electron chi connectivity index (χ4n) is 4.38. The zero-order valence-electron chi connectivity index (χ0n) is 23.3. The number of cyclic esters (lactones) is 1. The van der Waals surface area contributed by atoms with Crippen LogP contribution in [0.3, 0.4) is 0 Å². The van der Waals surface area contributed by atoms with E-state index in [2.05, 4.69) is 0 Å². The van der Waals surface area contributed by atoms with Crippen LogP contribution in [0.2, 0.25) is 0 Å². The first-order valence-electron chi connectivity index (χ1n) is 13.3. The lowest BCUT2D eigenvalue weighted by Crippen LogP contribution is -2.27. The van der Waals surface area contributed by atoms with Crippen LogP contribution in [0.15, 0.2) is 97.1 Å². The Bertz CT molecular complexity index is 1400. The van der Waals surface area contributed by atoms with Crippen molar-refractivity contribution in [1.29, 1.82) is 0 Å². The van der Waals surface area contributed by atoms with Gasteiger partial charge in [0, 0.05) is 17.3 Å². The number of carbonyl (C=O) groups is 1.